The Bertz CT molecular complexity index is 620. The Morgan fingerprint density at radius 3 is 2.48 bits per heavy atom. The molecule has 0 amide bonds. The number of benzene rings is 1. The van der Waals surface area contributed by atoms with E-state index in [1.807, 2.05) is 6.92 Å². The quantitative estimate of drug-likeness (QED) is 0.740. The van der Waals surface area contributed by atoms with Crippen LogP contribution in [0.25, 0.3) is 0 Å². The number of nitrogens with one attached hydrogen (secondary N) is 1. The van der Waals surface area contributed by atoms with Crippen LogP contribution in [0.5, 0.6) is 0 Å². The molecule has 0 aliphatic heterocycles. The molecule has 1 saturated carbocycles. The molecule has 0 atom stereocenters. The highest BCUT2D eigenvalue weighted by Crippen LogP contribution is 2.28. The van der Waals surface area contributed by atoms with Crippen molar-refractivity contribution in [1.82, 2.24) is 4.72 Å². The molecular formula is C15H24N2O3S. The second-order valence-corrected chi connectivity index (χ2v) is 7.81. The van der Waals surface area contributed by atoms with Crippen molar-refractivity contribution in [3.8, 4) is 0 Å². The molecule has 4 N–H and O–H groups in total. The van der Waals surface area contributed by atoms with Crippen molar-refractivity contribution in [1.29, 1.82) is 0 Å². The lowest BCUT2D eigenvalue weighted by Gasteiger charge is -2.32. The van der Waals surface area contributed by atoms with E-state index < -0.39 is 15.6 Å². The zero-order valence-corrected chi connectivity index (χ0v) is 13.5. The highest BCUT2D eigenvalue weighted by atomic mass is 32.2. The fourth-order valence-corrected chi connectivity index (χ4v) is 4.30. The van der Waals surface area contributed by atoms with Gasteiger partial charge in [0.25, 0.3) is 0 Å². The maximum atomic E-state index is 12.5. The standard InChI is InChI=1S/C15H24N2O3S/c1-11-8-13(16)9-14(12(11)2)21(19,20)17-10-15(18)6-4-3-5-7-15/h8-9,17-18H,3-7,10,16H2,1-2H3. The smallest absolute Gasteiger partial charge is 0.241 e. The van der Waals surface area contributed by atoms with Gasteiger partial charge in [-0.3, -0.25) is 0 Å². The lowest BCUT2D eigenvalue weighted by molar-refractivity contribution is 0.00945. The molecule has 1 aromatic rings. The Hall–Kier alpha value is -1.11. The molecule has 1 aromatic carbocycles. The monoisotopic (exact) mass is 312 g/mol. The third kappa shape index (κ3) is 3.75. The van der Waals surface area contributed by atoms with Gasteiger partial charge in [0.05, 0.1) is 10.5 Å². The van der Waals surface area contributed by atoms with Crippen LogP contribution in [-0.4, -0.2) is 25.7 Å². The van der Waals surface area contributed by atoms with Crippen molar-refractivity contribution >= 4 is 15.7 Å². The Balaban J connectivity index is 2.19. The van der Waals surface area contributed by atoms with Crippen LogP contribution in [-0.2, 0) is 10.0 Å². The third-order valence-electron chi connectivity index (χ3n) is 4.31. The largest absolute Gasteiger partial charge is 0.399 e. The average Bonchev–Trinajstić information content (AvgIpc) is 2.42. The molecule has 5 nitrogen and oxygen atoms in total. The number of anilines is 1. The van der Waals surface area contributed by atoms with Crippen LogP contribution in [0.15, 0.2) is 17.0 Å². The number of hydrogen-bond donors (Lipinski definition) is 3. The minimum absolute atomic E-state index is 0.0582. The summed E-state index contributed by atoms with van der Waals surface area (Å²) >= 11 is 0. The van der Waals surface area contributed by atoms with Gasteiger partial charge in [0.2, 0.25) is 10.0 Å². The van der Waals surface area contributed by atoms with Crippen LogP contribution in [0, 0.1) is 13.8 Å². The van der Waals surface area contributed by atoms with Gasteiger partial charge in [0.15, 0.2) is 0 Å². The Morgan fingerprint density at radius 1 is 1.24 bits per heavy atom. The second-order valence-electron chi connectivity index (χ2n) is 6.07. The van der Waals surface area contributed by atoms with E-state index >= 15 is 0 Å². The summed E-state index contributed by atoms with van der Waals surface area (Å²) < 4.78 is 27.5. The molecule has 2 rings (SSSR count). The maximum Gasteiger partial charge on any atom is 0.241 e. The van der Waals surface area contributed by atoms with E-state index in [-0.39, 0.29) is 11.4 Å². The van der Waals surface area contributed by atoms with Crippen LogP contribution in [0.4, 0.5) is 5.69 Å². The second kappa shape index (κ2) is 5.94. The number of rotatable bonds is 4. The van der Waals surface area contributed by atoms with Crippen molar-refractivity contribution in [3.63, 3.8) is 0 Å². The Labute approximate surface area is 126 Å². The molecule has 1 fully saturated rings. The van der Waals surface area contributed by atoms with Crippen LogP contribution in [0.1, 0.15) is 43.2 Å². The van der Waals surface area contributed by atoms with E-state index in [0.717, 1.165) is 24.8 Å². The van der Waals surface area contributed by atoms with Crippen LogP contribution in [0.3, 0.4) is 0 Å². The van der Waals surface area contributed by atoms with Crippen LogP contribution >= 0.6 is 0 Å². The highest BCUT2D eigenvalue weighted by Gasteiger charge is 2.31. The van der Waals surface area contributed by atoms with Crippen molar-refractivity contribution in [2.24, 2.45) is 0 Å². The van der Waals surface area contributed by atoms with E-state index in [1.54, 1.807) is 13.0 Å². The van der Waals surface area contributed by atoms with Crippen molar-refractivity contribution in [2.45, 2.75) is 56.4 Å². The number of aryl methyl sites for hydroxylation is 1. The summed E-state index contributed by atoms with van der Waals surface area (Å²) in [6, 6.07) is 3.22. The summed E-state index contributed by atoms with van der Waals surface area (Å²) in [5, 5.41) is 10.4. The molecule has 21 heavy (non-hydrogen) atoms. The summed E-state index contributed by atoms with van der Waals surface area (Å²) in [6.45, 7) is 3.65. The fraction of sp³-hybridized carbons (Fsp3) is 0.600. The molecule has 0 bridgehead atoms. The number of aliphatic hydroxyl groups is 1. The van der Waals surface area contributed by atoms with Gasteiger partial charge in [-0.1, -0.05) is 19.3 Å². The molecule has 0 radical (unpaired) electrons. The topological polar surface area (TPSA) is 92.4 Å². The minimum atomic E-state index is -3.66. The molecule has 0 saturated heterocycles. The first-order chi connectivity index (χ1) is 9.73. The summed E-state index contributed by atoms with van der Waals surface area (Å²) in [7, 11) is -3.66. The summed E-state index contributed by atoms with van der Waals surface area (Å²) in [6.07, 6.45) is 4.26. The molecule has 6 heteroatoms. The van der Waals surface area contributed by atoms with Gasteiger partial charge in [-0.25, -0.2) is 13.1 Å². The van der Waals surface area contributed by atoms with Crippen molar-refractivity contribution in [3.05, 3.63) is 23.3 Å². The molecule has 0 unspecified atom stereocenters. The van der Waals surface area contributed by atoms with Gasteiger partial charge in [0, 0.05) is 12.2 Å². The first-order valence-electron chi connectivity index (χ1n) is 7.32. The van der Waals surface area contributed by atoms with Crippen LogP contribution in [0.2, 0.25) is 0 Å². The Morgan fingerprint density at radius 2 is 1.86 bits per heavy atom. The van der Waals surface area contributed by atoms with Gasteiger partial charge >= 0.3 is 0 Å². The average molecular weight is 312 g/mol. The first-order valence-corrected chi connectivity index (χ1v) is 8.81. The predicted octanol–water partition coefficient (Wildman–Crippen LogP) is 1.86. The van der Waals surface area contributed by atoms with Gasteiger partial charge < -0.3 is 10.8 Å². The van der Waals surface area contributed by atoms with Gasteiger partial charge in [-0.05, 0) is 49.9 Å². The van der Waals surface area contributed by atoms with Gasteiger partial charge in [-0.2, -0.15) is 0 Å². The van der Waals surface area contributed by atoms with E-state index in [0.29, 0.717) is 24.1 Å². The molecule has 1 aliphatic carbocycles. The van der Waals surface area contributed by atoms with Crippen molar-refractivity contribution < 1.29 is 13.5 Å². The van der Waals surface area contributed by atoms with Gasteiger partial charge in [-0.15, -0.1) is 0 Å². The number of nitrogens with two attached hydrogens (primary N) is 1. The van der Waals surface area contributed by atoms with E-state index in [2.05, 4.69) is 4.72 Å². The SMILES string of the molecule is Cc1cc(N)cc(S(=O)(=O)NCC2(O)CCCCC2)c1C. The van der Waals surface area contributed by atoms with E-state index in [4.69, 9.17) is 5.73 Å². The molecule has 0 heterocycles. The highest BCUT2D eigenvalue weighted by molar-refractivity contribution is 7.89. The lowest BCUT2D eigenvalue weighted by Crippen LogP contribution is -2.44. The summed E-state index contributed by atoms with van der Waals surface area (Å²) in [5.74, 6) is 0. The summed E-state index contributed by atoms with van der Waals surface area (Å²) in [5.41, 5.74) is 6.78. The summed E-state index contributed by atoms with van der Waals surface area (Å²) in [4.78, 5) is 0.194. The van der Waals surface area contributed by atoms with Crippen LogP contribution < -0.4 is 10.5 Å². The minimum Gasteiger partial charge on any atom is -0.399 e. The number of sulfonamides is 1. The zero-order chi connectivity index (χ0) is 15.7. The number of nitrogen functional groups attached to an aromatic ring is 1. The maximum absolute atomic E-state index is 12.5. The third-order valence-corrected chi connectivity index (χ3v) is 5.83. The van der Waals surface area contributed by atoms with E-state index in [9.17, 15) is 13.5 Å². The number of hydrogen-bond acceptors (Lipinski definition) is 4. The zero-order valence-electron chi connectivity index (χ0n) is 12.6. The van der Waals surface area contributed by atoms with Crippen molar-refractivity contribution in [2.75, 3.05) is 12.3 Å². The molecule has 0 spiro atoms. The molecule has 0 aromatic heterocycles. The molecule has 118 valence electrons. The van der Waals surface area contributed by atoms with Gasteiger partial charge in [0.1, 0.15) is 0 Å². The molecule has 1 aliphatic rings. The first kappa shape index (κ1) is 16.3. The normalized spacial score (nSPS) is 18.6. The predicted molar refractivity (Wildman–Crippen MR) is 83.6 cm³/mol. The molecular weight excluding hydrogens is 288 g/mol. The Kier molecular flexibility index (Phi) is 4.60. The fourth-order valence-electron chi connectivity index (χ4n) is 2.83. The lowest BCUT2D eigenvalue weighted by atomic mass is 9.85. The van der Waals surface area contributed by atoms with E-state index in [1.165, 1.54) is 6.07 Å².